The fourth-order valence-corrected chi connectivity index (χ4v) is 3.26. The summed E-state index contributed by atoms with van der Waals surface area (Å²) in [6.45, 7) is 5.64. The number of morpholine rings is 1. The zero-order valence-corrected chi connectivity index (χ0v) is 13.6. The lowest BCUT2D eigenvalue weighted by molar-refractivity contribution is -0.146. The SMILES string of the molecule is Cc1cnn(CCC(=O)N2CCC[C@@H]2C(=O)N2CCOCC2)c1. The second-order valence-electron chi connectivity index (χ2n) is 6.21. The second-order valence-corrected chi connectivity index (χ2v) is 6.21. The maximum Gasteiger partial charge on any atom is 0.245 e. The molecule has 126 valence electrons. The summed E-state index contributed by atoms with van der Waals surface area (Å²) in [4.78, 5) is 28.8. The largest absolute Gasteiger partial charge is 0.378 e. The molecule has 0 spiro atoms. The molecule has 0 unspecified atom stereocenters. The summed E-state index contributed by atoms with van der Waals surface area (Å²) in [5.41, 5.74) is 1.08. The summed E-state index contributed by atoms with van der Waals surface area (Å²) in [7, 11) is 0. The van der Waals surface area contributed by atoms with Crippen molar-refractivity contribution in [3.8, 4) is 0 Å². The molecule has 7 nitrogen and oxygen atoms in total. The minimum absolute atomic E-state index is 0.0438. The molecule has 23 heavy (non-hydrogen) atoms. The molecule has 7 heteroatoms. The first-order chi connectivity index (χ1) is 11.1. The summed E-state index contributed by atoms with van der Waals surface area (Å²) >= 11 is 0. The molecule has 2 aliphatic rings. The Morgan fingerprint density at radius 2 is 2.09 bits per heavy atom. The van der Waals surface area contributed by atoms with E-state index in [0.717, 1.165) is 18.4 Å². The molecule has 0 aliphatic carbocycles. The molecule has 0 N–H and O–H groups in total. The summed E-state index contributed by atoms with van der Waals surface area (Å²) in [5.74, 6) is 0.122. The highest BCUT2D eigenvalue weighted by Gasteiger charge is 2.36. The number of ether oxygens (including phenoxy) is 1. The van der Waals surface area contributed by atoms with Crippen LogP contribution in [-0.4, -0.2) is 70.3 Å². The van der Waals surface area contributed by atoms with Crippen LogP contribution in [-0.2, 0) is 20.9 Å². The average molecular weight is 320 g/mol. The highest BCUT2D eigenvalue weighted by Crippen LogP contribution is 2.21. The molecule has 0 saturated carbocycles. The monoisotopic (exact) mass is 320 g/mol. The number of hydrogen-bond acceptors (Lipinski definition) is 4. The van der Waals surface area contributed by atoms with E-state index in [1.54, 1.807) is 15.8 Å². The third-order valence-corrected chi connectivity index (χ3v) is 4.50. The second kappa shape index (κ2) is 7.12. The quantitative estimate of drug-likeness (QED) is 0.807. The molecule has 1 aromatic heterocycles. The smallest absolute Gasteiger partial charge is 0.245 e. The van der Waals surface area contributed by atoms with Crippen molar-refractivity contribution in [2.24, 2.45) is 0 Å². The van der Waals surface area contributed by atoms with Crippen molar-refractivity contribution >= 4 is 11.8 Å². The van der Waals surface area contributed by atoms with Crippen molar-refractivity contribution in [3.63, 3.8) is 0 Å². The van der Waals surface area contributed by atoms with E-state index < -0.39 is 0 Å². The number of likely N-dealkylation sites (tertiary alicyclic amines) is 1. The van der Waals surface area contributed by atoms with Gasteiger partial charge in [0.2, 0.25) is 11.8 Å². The van der Waals surface area contributed by atoms with Crippen molar-refractivity contribution in [1.82, 2.24) is 19.6 Å². The first-order valence-electron chi connectivity index (χ1n) is 8.30. The van der Waals surface area contributed by atoms with Gasteiger partial charge < -0.3 is 14.5 Å². The average Bonchev–Trinajstić information content (AvgIpc) is 3.21. The zero-order valence-electron chi connectivity index (χ0n) is 13.6. The highest BCUT2D eigenvalue weighted by atomic mass is 16.5. The maximum absolute atomic E-state index is 12.7. The van der Waals surface area contributed by atoms with E-state index in [1.165, 1.54) is 0 Å². The zero-order chi connectivity index (χ0) is 16.2. The van der Waals surface area contributed by atoms with Crippen LogP contribution in [0, 0.1) is 6.92 Å². The number of aromatic nitrogens is 2. The Morgan fingerprint density at radius 3 is 2.78 bits per heavy atom. The summed E-state index contributed by atoms with van der Waals surface area (Å²) in [6, 6.07) is -0.292. The van der Waals surface area contributed by atoms with E-state index in [-0.39, 0.29) is 17.9 Å². The maximum atomic E-state index is 12.7. The molecule has 2 aliphatic heterocycles. The fourth-order valence-electron chi connectivity index (χ4n) is 3.26. The van der Waals surface area contributed by atoms with E-state index in [1.807, 2.05) is 18.0 Å². The van der Waals surface area contributed by atoms with Gasteiger partial charge in [-0.2, -0.15) is 5.10 Å². The lowest BCUT2D eigenvalue weighted by Crippen LogP contribution is -2.51. The Balaban J connectivity index is 1.56. The Bertz CT molecular complexity index is 565. The Labute approximate surface area is 136 Å². The van der Waals surface area contributed by atoms with Gasteiger partial charge in [0.1, 0.15) is 6.04 Å². The number of rotatable bonds is 4. The molecular formula is C16H24N4O3. The predicted octanol–water partition coefficient (Wildman–Crippen LogP) is 0.431. The van der Waals surface area contributed by atoms with Gasteiger partial charge in [0.25, 0.3) is 0 Å². The molecule has 3 heterocycles. The normalized spacial score (nSPS) is 21.7. The third-order valence-electron chi connectivity index (χ3n) is 4.50. The molecule has 0 aromatic carbocycles. The van der Waals surface area contributed by atoms with Gasteiger partial charge in [0, 0.05) is 38.8 Å². The highest BCUT2D eigenvalue weighted by molar-refractivity contribution is 5.88. The first-order valence-corrected chi connectivity index (χ1v) is 8.30. The molecule has 0 bridgehead atoms. The molecule has 2 amide bonds. The van der Waals surface area contributed by atoms with Crippen LogP contribution in [0.1, 0.15) is 24.8 Å². The van der Waals surface area contributed by atoms with Gasteiger partial charge in [-0.15, -0.1) is 0 Å². The molecule has 2 saturated heterocycles. The minimum atomic E-state index is -0.292. The van der Waals surface area contributed by atoms with Gasteiger partial charge in [-0.3, -0.25) is 14.3 Å². The Hall–Kier alpha value is -1.89. The summed E-state index contributed by atoms with van der Waals surface area (Å²) < 4.78 is 7.07. The number of carbonyl (C=O) groups excluding carboxylic acids is 2. The lowest BCUT2D eigenvalue weighted by Gasteiger charge is -2.32. The van der Waals surface area contributed by atoms with Crippen molar-refractivity contribution < 1.29 is 14.3 Å². The van der Waals surface area contributed by atoms with Gasteiger partial charge in [0.15, 0.2) is 0 Å². The van der Waals surface area contributed by atoms with E-state index in [2.05, 4.69) is 5.10 Å². The number of aryl methyl sites for hydroxylation is 2. The van der Waals surface area contributed by atoms with Gasteiger partial charge in [-0.25, -0.2) is 0 Å². The molecule has 1 atom stereocenters. The van der Waals surface area contributed by atoms with Crippen LogP contribution in [0.5, 0.6) is 0 Å². The van der Waals surface area contributed by atoms with Gasteiger partial charge in [-0.1, -0.05) is 0 Å². The molecule has 1 aromatic rings. The summed E-state index contributed by atoms with van der Waals surface area (Å²) in [5, 5.41) is 4.20. The molecular weight excluding hydrogens is 296 g/mol. The van der Waals surface area contributed by atoms with Crippen molar-refractivity contribution in [3.05, 3.63) is 18.0 Å². The molecule has 2 fully saturated rings. The van der Waals surface area contributed by atoms with Crippen LogP contribution in [0.25, 0.3) is 0 Å². The van der Waals surface area contributed by atoms with Crippen LogP contribution >= 0.6 is 0 Å². The van der Waals surface area contributed by atoms with Gasteiger partial charge in [0.05, 0.1) is 19.4 Å². The van der Waals surface area contributed by atoms with Crippen LogP contribution in [0.4, 0.5) is 0 Å². The van der Waals surface area contributed by atoms with E-state index in [4.69, 9.17) is 4.74 Å². The lowest BCUT2D eigenvalue weighted by atomic mass is 10.1. The van der Waals surface area contributed by atoms with E-state index in [9.17, 15) is 9.59 Å². The van der Waals surface area contributed by atoms with Crippen molar-refractivity contribution in [1.29, 1.82) is 0 Å². The Morgan fingerprint density at radius 1 is 1.30 bits per heavy atom. The molecule has 3 rings (SSSR count). The van der Waals surface area contributed by atoms with E-state index >= 15 is 0 Å². The van der Waals surface area contributed by atoms with Crippen LogP contribution < -0.4 is 0 Å². The number of nitrogens with zero attached hydrogens (tertiary/aromatic N) is 4. The molecule has 0 radical (unpaired) electrons. The number of amides is 2. The summed E-state index contributed by atoms with van der Waals surface area (Å²) in [6.07, 6.45) is 5.75. The van der Waals surface area contributed by atoms with Gasteiger partial charge in [-0.05, 0) is 25.3 Å². The van der Waals surface area contributed by atoms with Crippen molar-refractivity contribution in [2.75, 3.05) is 32.8 Å². The number of hydrogen-bond donors (Lipinski definition) is 0. The number of carbonyl (C=O) groups is 2. The standard InChI is InChI=1S/C16H24N4O3/c1-13-11-17-19(12-13)6-4-15(21)20-5-2-3-14(20)16(22)18-7-9-23-10-8-18/h11-12,14H,2-10H2,1H3/t14-/m1/s1. The Kier molecular flexibility index (Phi) is 4.95. The predicted molar refractivity (Wildman–Crippen MR) is 83.7 cm³/mol. The van der Waals surface area contributed by atoms with Crippen LogP contribution in [0.15, 0.2) is 12.4 Å². The third kappa shape index (κ3) is 3.72. The topological polar surface area (TPSA) is 67.7 Å². The van der Waals surface area contributed by atoms with E-state index in [0.29, 0.717) is 45.8 Å². The fraction of sp³-hybridized carbons (Fsp3) is 0.688. The van der Waals surface area contributed by atoms with Crippen LogP contribution in [0.2, 0.25) is 0 Å². The van der Waals surface area contributed by atoms with Crippen LogP contribution in [0.3, 0.4) is 0 Å². The minimum Gasteiger partial charge on any atom is -0.378 e. The first kappa shape index (κ1) is 16.0. The van der Waals surface area contributed by atoms with Crippen molar-refractivity contribution in [2.45, 2.75) is 38.8 Å². The van der Waals surface area contributed by atoms with Gasteiger partial charge >= 0.3 is 0 Å².